The van der Waals surface area contributed by atoms with Gasteiger partial charge in [-0.2, -0.15) is 12.6 Å². The topological polar surface area (TPSA) is 154 Å². The number of carboxylic acids is 1. The van der Waals surface area contributed by atoms with Gasteiger partial charge in [-0.05, 0) is 55.6 Å². The van der Waals surface area contributed by atoms with Gasteiger partial charge in [0.05, 0.1) is 6.61 Å². The fourth-order valence-corrected chi connectivity index (χ4v) is 6.24. The standard InChI is InChI=1S/C30H43ClN4O7S/c1-18(2)16-42-30(41)34-22(11-12-26(36)37)29(40)35-24-10-6-4-8-20(24)15-25(35)28(39)33-23(17-43)27(38)32-14-13-19-7-3-5-9-21(19)31/h3,5,7,9,18,20,22-25,43H,4,6,8,10-17H2,1-2H3,(H,32,38)(H,33,39)(H,34,41)(H,36,37)/t20?,22-,23+,24?,25+/m1/s1. The summed E-state index contributed by atoms with van der Waals surface area (Å²) in [6.07, 6.45) is 3.01. The lowest BCUT2D eigenvalue weighted by molar-refractivity contribution is -0.143. The quantitative estimate of drug-likeness (QED) is 0.196. The number of likely N-dealkylation sites (tertiary alicyclic amines) is 1. The first-order valence-corrected chi connectivity index (χ1v) is 15.9. The van der Waals surface area contributed by atoms with Gasteiger partial charge in [-0.1, -0.05) is 56.5 Å². The number of hydrogen-bond acceptors (Lipinski definition) is 7. The molecule has 5 atom stereocenters. The summed E-state index contributed by atoms with van der Waals surface area (Å²) in [5, 5.41) is 18.0. The maximum Gasteiger partial charge on any atom is 0.407 e. The predicted octanol–water partition coefficient (Wildman–Crippen LogP) is 3.19. The van der Waals surface area contributed by atoms with Gasteiger partial charge >= 0.3 is 12.1 Å². The molecule has 1 saturated carbocycles. The van der Waals surface area contributed by atoms with Gasteiger partial charge in [-0.3, -0.25) is 19.2 Å². The van der Waals surface area contributed by atoms with E-state index in [9.17, 15) is 29.1 Å². The molecular formula is C30H43ClN4O7S. The van der Waals surface area contributed by atoms with Crippen LogP contribution in [-0.2, 0) is 30.3 Å². The Bertz CT molecular complexity index is 1150. The first-order valence-electron chi connectivity index (χ1n) is 14.9. The second-order valence-electron chi connectivity index (χ2n) is 11.6. The van der Waals surface area contributed by atoms with Crippen LogP contribution in [0.5, 0.6) is 0 Å². The number of nitrogens with zero attached hydrogens (tertiary/aromatic N) is 1. The summed E-state index contributed by atoms with van der Waals surface area (Å²) in [5.41, 5.74) is 0.887. The number of nitrogens with one attached hydrogen (secondary N) is 3. The molecule has 1 saturated heterocycles. The van der Waals surface area contributed by atoms with Crippen molar-refractivity contribution in [2.24, 2.45) is 11.8 Å². The first kappa shape index (κ1) is 34.5. The number of fused-ring (bicyclic) bond motifs is 1. The van der Waals surface area contributed by atoms with Crippen molar-refractivity contribution in [1.29, 1.82) is 0 Å². The lowest BCUT2D eigenvalue weighted by atomic mass is 9.84. The van der Waals surface area contributed by atoms with Gasteiger partial charge in [0.15, 0.2) is 0 Å². The Morgan fingerprint density at radius 3 is 2.49 bits per heavy atom. The number of carboxylic acid groups (broad SMARTS) is 1. The van der Waals surface area contributed by atoms with E-state index in [-0.39, 0.29) is 43.1 Å². The highest BCUT2D eigenvalue weighted by molar-refractivity contribution is 7.80. The van der Waals surface area contributed by atoms with Crippen LogP contribution in [0.15, 0.2) is 24.3 Å². The van der Waals surface area contributed by atoms with Crippen molar-refractivity contribution in [3.8, 4) is 0 Å². The number of benzene rings is 1. The Morgan fingerprint density at radius 1 is 1.09 bits per heavy atom. The van der Waals surface area contributed by atoms with Gasteiger partial charge in [-0.25, -0.2) is 4.79 Å². The number of halogens is 1. The highest BCUT2D eigenvalue weighted by atomic mass is 35.5. The zero-order valence-electron chi connectivity index (χ0n) is 24.7. The molecule has 11 nitrogen and oxygen atoms in total. The fraction of sp³-hybridized carbons (Fsp3) is 0.633. The van der Waals surface area contributed by atoms with E-state index in [1.165, 1.54) is 4.90 Å². The molecule has 0 bridgehead atoms. The fourth-order valence-electron chi connectivity index (χ4n) is 5.75. The molecule has 238 valence electrons. The van der Waals surface area contributed by atoms with E-state index in [1.807, 2.05) is 32.0 Å². The average molecular weight is 639 g/mol. The van der Waals surface area contributed by atoms with Gasteiger partial charge in [-0.15, -0.1) is 0 Å². The van der Waals surface area contributed by atoms with E-state index >= 15 is 0 Å². The van der Waals surface area contributed by atoms with Gasteiger partial charge < -0.3 is 30.7 Å². The van der Waals surface area contributed by atoms with E-state index < -0.39 is 47.9 Å². The van der Waals surface area contributed by atoms with E-state index in [2.05, 4.69) is 28.6 Å². The number of carbonyl (C=O) groups is 5. The molecular weight excluding hydrogens is 596 g/mol. The minimum atomic E-state index is -1.18. The molecule has 0 radical (unpaired) electrons. The van der Waals surface area contributed by atoms with Gasteiger partial charge in [0.2, 0.25) is 17.7 Å². The normalized spacial score (nSPS) is 21.0. The molecule has 1 aliphatic carbocycles. The predicted molar refractivity (Wildman–Crippen MR) is 165 cm³/mol. The van der Waals surface area contributed by atoms with Crippen LogP contribution in [0.1, 0.15) is 64.4 Å². The van der Waals surface area contributed by atoms with Crippen LogP contribution < -0.4 is 16.0 Å². The van der Waals surface area contributed by atoms with E-state index in [1.54, 1.807) is 6.07 Å². The smallest absolute Gasteiger partial charge is 0.407 e. The Labute approximate surface area is 263 Å². The van der Waals surface area contributed by atoms with E-state index in [4.69, 9.17) is 16.3 Å². The molecule has 1 aromatic carbocycles. The summed E-state index contributed by atoms with van der Waals surface area (Å²) >= 11 is 10.5. The number of thiol groups is 1. The number of aliphatic carboxylic acids is 1. The molecule has 1 heterocycles. The Hall–Kier alpha value is -2.99. The number of carbonyl (C=O) groups excluding carboxylic acids is 4. The maximum atomic E-state index is 14.0. The largest absolute Gasteiger partial charge is 0.481 e. The van der Waals surface area contributed by atoms with Crippen molar-refractivity contribution < 1.29 is 33.8 Å². The summed E-state index contributed by atoms with van der Waals surface area (Å²) in [5.74, 6) is -2.33. The number of rotatable bonds is 14. The van der Waals surface area contributed by atoms with Crippen molar-refractivity contribution in [1.82, 2.24) is 20.9 Å². The van der Waals surface area contributed by atoms with E-state index in [0.29, 0.717) is 30.8 Å². The highest BCUT2D eigenvalue weighted by Crippen LogP contribution is 2.40. The molecule has 2 unspecified atom stereocenters. The van der Waals surface area contributed by atoms with Gasteiger partial charge in [0, 0.05) is 29.8 Å². The van der Waals surface area contributed by atoms with Crippen molar-refractivity contribution in [3.05, 3.63) is 34.9 Å². The maximum absolute atomic E-state index is 14.0. The number of hydrogen-bond donors (Lipinski definition) is 5. The summed E-state index contributed by atoms with van der Waals surface area (Å²) in [6, 6.07) is 4.12. The van der Waals surface area contributed by atoms with Crippen LogP contribution in [0.2, 0.25) is 5.02 Å². The first-order chi connectivity index (χ1) is 20.5. The van der Waals surface area contributed by atoms with Crippen LogP contribution in [0.3, 0.4) is 0 Å². The second kappa shape index (κ2) is 16.7. The number of alkyl carbamates (subject to hydrolysis) is 1. The molecule has 1 aliphatic heterocycles. The van der Waals surface area contributed by atoms with Crippen molar-refractivity contribution in [3.63, 3.8) is 0 Å². The minimum Gasteiger partial charge on any atom is -0.481 e. The van der Waals surface area contributed by atoms with Crippen molar-refractivity contribution in [2.75, 3.05) is 18.9 Å². The van der Waals surface area contributed by atoms with Gasteiger partial charge in [0.25, 0.3) is 0 Å². The van der Waals surface area contributed by atoms with Crippen LogP contribution in [0, 0.1) is 11.8 Å². The van der Waals surface area contributed by atoms with Crippen LogP contribution in [-0.4, -0.2) is 82.9 Å². The summed E-state index contributed by atoms with van der Waals surface area (Å²) in [7, 11) is 0. The summed E-state index contributed by atoms with van der Waals surface area (Å²) < 4.78 is 5.19. The third-order valence-corrected chi connectivity index (χ3v) is 8.63. The molecule has 0 spiro atoms. The van der Waals surface area contributed by atoms with E-state index in [0.717, 1.165) is 24.8 Å². The molecule has 2 aliphatic rings. The van der Waals surface area contributed by atoms with Crippen LogP contribution >= 0.6 is 24.2 Å². The lowest BCUT2D eigenvalue weighted by Crippen LogP contribution is -2.58. The lowest BCUT2D eigenvalue weighted by Gasteiger charge is -2.36. The molecule has 4 amide bonds. The van der Waals surface area contributed by atoms with Crippen LogP contribution in [0.25, 0.3) is 0 Å². The third kappa shape index (κ3) is 10.0. The molecule has 2 fully saturated rings. The third-order valence-electron chi connectivity index (χ3n) is 7.90. The van der Waals surface area contributed by atoms with Crippen LogP contribution in [0.4, 0.5) is 4.79 Å². The zero-order chi connectivity index (χ0) is 31.5. The highest BCUT2D eigenvalue weighted by Gasteiger charge is 2.49. The molecule has 13 heteroatoms. The number of amides is 4. The molecule has 43 heavy (non-hydrogen) atoms. The molecule has 0 aromatic heterocycles. The zero-order valence-corrected chi connectivity index (χ0v) is 26.4. The summed E-state index contributed by atoms with van der Waals surface area (Å²) in [4.78, 5) is 65.9. The monoisotopic (exact) mass is 638 g/mol. The molecule has 4 N–H and O–H groups in total. The second-order valence-corrected chi connectivity index (χ2v) is 12.4. The SMILES string of the molecule is CC(C)COC(=O)N[C@H](CCC(=O)O)C(=O)N1C2CCCCC2C[C@H]1C(=O)N[C@@H](CS)C(=O)NCCc1ccccc1Cl. The molecule has 3 rings (SSSR count). The molecule has 1 aromatic rings. The van der Waals surface area contributed by atoms with Crippen molar-refractivity contribution >= 4 is 54.0 Å². The average Bonchev–Trinajstić information content (AvgIpc) is 3.37. The minimum absolute atomic E-state index is 0.0433. The number of ether oxygens (including phenoxy) is 1. The van der Waals surface area contributed by atoms with Gasteiger partial charge in [0.1, 0.15) is 18.1 Å². The Balaban J connectivity index is 1.72. The summed E-state index contributed by atoms with van der Waals surface area (Å²) in [6.45, 7) is 4.18. The Kier molecular flexibility index (Phi) is 13.4. The van der Waals surface area contributed by atoms with Crippen molar-refractivity contribution in [2.45, 2.75) is 89.4 Å². The Morgan fingerprint density at radius 2 is 1.81 bits per heavy atom.